The average molecular weight is 480 g/mol. The number of ether oxygens (including phenoxy) is 2. The molecule has 0 amide bonds. The van der Waals surface area contributed by atoms with Gasteiger partial charge in [0.15, 0.2) is 34.0 Å². The molecular formula is C21H20O13. The number of rotatable bonds is 4. The molecular weight excluding hydrogens is 460 g/mol. The number of fused-ring (bicyclic) bond motifs is 1. The summed E-state index contributed by atoms with van der Waals surface area (Å²) in [5.74, 6) is -4.92. The molecule has 5 atom stereocenters. The molecule has 0 saturated carbocycles. The lowest BCUT2D eigenvalue weighted by Crippen LogP contribution is -2.60. The minimum absolute atomic E-state index is 0.0573. The van der Waals surface area contributed by atoms with Gasteiger partial charge in [-0.25, -0.2) is 0 Å². The molecule has 182 valence electrons. The molecule has 0 spiro atoms. The molecule has 0 unspecified atom stereocenters. The quantitative estimate of drug-likeness (QED) is 0.208. The molecule has 4 rings (SSSR count). The Morgan fingerprint density at radius 2 is 1.44 bits per heavy atom. The minimum atomic E-state index is -1.88. The van der Waals surface area contributed by atoms with Gasteiger partial charge in [0.25, 0.3) is 0 Å². The average Bonchev–Trinajstić information content (AvgIpc) is 2.80. The van der Waals surface area contributed by atoms with Crippen molar-refractivity contribution in [2.45, 2.75) is 30.7 Å². The first-order chi connectivity index (χ1) is 16.0. The number of benzene rings is 2. The molecule has 0 bridgehead atoms. The fourth-order valence-electron chi connectivity index (χ4n) is 3.52. The standard InChI is InChI=1S/C21H20O13/c22-5-13-16(29)17(30)18(31)21(33-13)34-20-15(28)11(26)3-7-8(23)4-12(32-19(7)20)6-1-9(24)14(27)10(25)2-6/h1-4,13,16-18,21-22,24-31H,5H2/t13-,16-,17+,18-,21+/m1/s1. The minimum Gasteiger partial charge on any atom is -0.504 e. The van der Waals surface area contributed by atoms with Gasteiger partial charge in [-0.15, -0.1) is 0 Å². The summed E-state index contributed by atoms with van der Waals surface area (Å²) in [5, 5.41) is 88.7. The van der Waals surface area contributed by atoms with E-state index in [0.29, 0.717) is 0 Å². The van der Waals surface area contributed by atoms with Crippen LogP contribution in [0, 0.1) is 0 Å². The number of phenols is 5. The number of aromatic hydroxyl groups is 5. The van der Waals surface area contributed by atoms with Crippen LogP contribution >= 0.6 is 0 Å². The summed E-state index contributed by atoms with van der Waals surface area (Å²) in [5.41, 5.74) is -1.27. The first kappa shape index (κ1) is 23.4. The van der Waals surface area contributed by atoms with Crippen molar-refractivity contribution in [3.8, 4) is 45.8 Å². The Morgan fingerprint density at radius 3 is 2.06 bits per heavy atom. The van der Waals surface area contributed by atoms with Gasteiger partial charge in [-0.2, -0.15) is 0 Å². The van der Waals surface area contributed by atoms with Crippen molar-refractivity contribution in [2.75, 3.05) is 6.61 Å². The lowest BCUT2D eigenvalue weighted by Gasteiger charge is -2.39. The van der Waals surface area contributed by atoms with Gasteiger partial charge in [-0.1, -0.05) is 0 Å². The summed E-state index contributed by atoms with van der Waals surface area (Å²) in [4.78, 5) is 12.7. The van der Waals surface area contributed by atoms with E-state index in [4.69, 9.17) is 13.9 Å². The third-order valence-electron chi connectivity index (χ3n) is 5.37. The lowest BCUT2D eigenvalue weighted by atomic mass is 9.99. The van der Waals surface area contributed by atoms with Crippen molar-refractivity contribution in [2.24, 2.45) is 0 Å². The second-order valence-corrected chi connectivity index (χ2v) is 7.60. The summed E-state index contributed by atoms with van der Waals surface area (Å²) in [6, 6.07) is 3.79. The van der Waals surface area contributed by atoms with E-state index >= 15 is 0 Å². The van der Waals surface area contributed by atoms with E-state index in [1.807, 2.05) is 0 Å². The molecule has 0 aliphatic carbocycles. The third kappa shape index (κ3) is 3.81. The van der Waals surface area contributed by atoms with Gasteiger partial charge in [0.1, 0.15) is 30.2 Å². The second kappa shape index (κ2) is 8.55. The van der Waals surface area contributed by atoms with Crippen LogP contribution in [0.25, 0.3) is 22.3 Å². The van der Waals surface area contributed by atoms with E-state index in [-0.39, 0.29) is 16.7 Å². The topological polar surface area (TPSA) is 231 Å². The number of hydrogen-bond acceptors (Lipinski definition) is 13. The molecule has 2 aromatic carbocycles. The monoisotopic (exact) mass is 480 g/mol. The number of hydrogen-bond donors (Lipinski definition) is 9. The summed E-state index contributed by atoms with van der Waals surface area (Å²) in [6.07, 6.45) is -8.52. The Hall–Kier alpha value is -3.75. The zero-order valence-electron chi connectivity index (χ0n) is 17.1. The van der Waals surface area contributed by atoms with Crippen LogP contribution in [-0.4, -0.2) is 83.3 Å². The molecule has 1 aliphatic rings. The van der Waals surface area contributed by atoms with E-state index in [0.717, 1.165) is 24.3 Å². The van der Waals surface area contributed by atoms with E-state index in [2.05, 4.69) is 0 Å². The van der Waals surface area contributed by atoms with E-state index in [1.165, 1.54) is 0 Å². The van der Waals surface area contributed by atoms with Crippen molar-refractivity contribution in [3.05, 3.63) is 34.5 Å². The first-order valence-corrected chi connectivity index (χ1v) is 9.78. The molecule has 1 aromatic heterocycles. The maximum Gasteiger partial charge on any atom is 0.229 e. The molecule has 3 aromatic rings. The maximum absolute atomic E-state index is 12.7. The van der Waals surface area contributed by atoms with Gasteiger partial charge in [0.05, 0.1) is 12.0 Å². The molecule has 0 radical (unpaired) electrons. The molecule has 9 N–H and O–H groups in total. The van der Waals surface area contributed by atoms with Crippen molar-refractivity contribution in [1.29, 1.82) is 0 Å². The zero-order chi connectivity index (χ0) is 24.9. The van der Waals surface area contributed by atoms with Gasteiger partial charge < -0.3 is 59.8 Å². The van der Waals surface area contributed by atoms with Crippen LogP contribution in [0.4, 0.5) is 0 Å². The molecule has 2 heterocycles. The Bertz CT molecular complexity index is 1280. The van der Waals surface area contributed by atoms with Crippen LogP contribution < -0.4 is 10.2 Å². The van der Waals surface area contributed by atoms with E-state index in [9.17, 15) is 50.8 Å². The second-order valence-electron chi connectivity index (χ2n) is 7.60. The zero-order valence-corrected chi connectivity index (χ0v) is 17.1. The van der Waals surface area contributed by atoms with Crippen LogP contribution in [0.2, 0.25) is 0 Å². The van der Waals surface area contributed by atoms with Crippen LogP contribution in [0.1, 0.15) is 0 Å². The highest BCUT2D eigenvalue weighted by Crippen LogP contribution is 2.44. The van der Waals surface area contributed by atoms with Crippen LogP contribution in [0.15, 0.2) is 33.5 Å². The molecule has 13 nitrogen and oxygen atoms in total. The van der Waals surface area contributed by atoms with Crippen molar-refractivity contribution in [1.82, 2.24) is 0 Å². The highest BCUT2D eigenvalue weighted by atomic mass is 16.7. The fraction of sp³-hybridized carbons (Fsp3) is 0.286. The number of aliphatic hydroxyl groups is 4. The fourth-order valence-corrected chi connectivity index (χ4v) is 3.52. The van der Waals surface area contributed by atoms with Crippen molar-refractivity contribution < 1.29 is 59.8 Å². The largest absolute Gasteiger partial charge is 0.504 e. The molecule has 1 saturated heterocycles. The van der Waals surface area contributed by atoms with Crippen molar-refractivity contribution >= 4 is 11.0 Å². The van der Waals surface area contributed by atoms with Gasteiger partial charge in [-0.3, -0.25) is 4.79 Å². The Morgan fingerprint density at radius 1 is 0.824 bits per heavy atom. The summed E-state index contributed by atoms with van der Waals surface area (Å²) in [7, 11) is 0. The normalized spacial score (nSPS) is 24.9. The van der Waals surface area contributed by atoms with Gasteiger partial charge in [0, 0.05) is 11.6 Å². The maximum atomic E-state index is 12.7. The highest BCUT2D eigenvalue weighted by molar-refractivity contribution is 5.89. The summed E-state index contributed by atoms with van der Waals surface area (Å²) >= 11 is 0. The van der Waals surface area contributed by atoms with Gasteiger partial charge >= 0.3 is 0 Å². The Balaban J connectivity index is 1.86. The van der Waals surface area contributed by atoms with Crippen LogP contribution in [0.5, 0.6) is 34.5 Å². The van der Waals surface area contributed by atoms with E-state index in [1.54, 1.807) is 0 Å². The first-order valence-electron chi connectivity index (χ1n) is 9.78. The predicted octanol–water partition coefficient (Wildman–Crippen LogP) is -0.833. The van der Waals surface area contributed by atoms with E-state index < -0.39 is 82.8 Å². The van der Waals surface area contributed by atoms with Crippen LogP contribution in [-0.2, 0) is 4.74 Å². The summed E-state index contributed by atoms with van der Waals surface area (Å²) < 4.78 is 16.3. The number of aliphatic hydroxyl groups excluding tert-OH is 4. The van der Waals surface area contributed by atoms with Gasteiger partial charge in [-0.05, 0) is 18.2 Å². The SMILES string of the molecule is O=c1cc(-c2cc(O)c(O)c(O)c2)oc2c(O[C@@H]3O[C@H](CO)[C@@H](O)[C@H](O)[C@H]3O)c(O)c(O)cc12. The third-order valence-corrected chi connectivity index (χ3v) is 5.37. The smallest absolute Gasteiger partial charge is 0.229 e. The molecule has 34 heavy (non-hydrogen) atoms. The number of phenolic OH excluding ortho intramolecular Hbond substituents is 5. The van der Waals surface area contributed by atoms with Gasteiger partial charge in [0.2, 0.25) is 17.8 Å². The van der Waals surface area contributed by atoms with Crippen molar-refractivity contribution in [3.63, 3.8) is 0 Å². The van der Waals surface area contributed by atoms with Crippen LogP contribution in [0.3, 0.4) is 0 Å². The predicted molar refractivity (Wildman–Crippen MR) is 111 cm³/mol. The molecule has 1 fully saturated rings. The Labute approximate surface area is 189 Å². The molecule has 1 aliphatic heterocycles. The Kier molecular flexibility index (Phi) is 5.89. The molecule has 13 heteroatoms. The highest BCUT2D eigenvalue weighted by Gasteiger charge is 2.45. The lowest BCUT2D eigenvalue weighted by molar-refractivity contribution is -0.277. The summed E-state index contributed by atoms with van der Waals surface area (Å²) in [6.45, 7) is -0.759.